The molecule has 0 atom stereocenters. The molecule has 154 valence electrons. The standard InChI is InChI=1S/C18H16F3N3O4S/c1-10(2)24-17(26)12-8-7-11(9-15(12)29(24,27)28)16(25)23-22-14-6-4-3-5-13(14)18(19,20)21/h3-10,22H,1-2H3,(H,23,25). The van der Waals surface area contributed by atoms with Gasteiger partial charge in [0.1, 0.15) is 4.90 Å². The molecule has 0 spiro atoms. The molecule has 0 aromatic heterocycles. The molecule has 0 aliphatic carbocycles. The smallest absolute Gasteiger partial charge is 0.298 e. The first kappa shape index (κ1) is 20.6. The van der Waals surface area contributed by atoms with Gasteiger partial charge in [0.05, 0.1) is 16.8 Å². The Morgan fingerprint density at radius 1 is 1.10 bits per heavy atom. The molecule has 7 nitrogen and oxygen atoms in total. The molecule has 2 amide bonds. The van der Waals surface area contributed by atoms with Crippen LogP contribution in [-0.2, 0) is 16.2 Å². The molecule has 0 saturated carbocycles. The van der Waals surface area contributed by atoms with Crippen molar-refractivity contribution >= 4 is 27.5 Å². The predicted octanol–water partition coefficient (Wildman–Crippen LogP) is 3.02. The number of nitrogens with one attached hydrogen (secondary N) is 2. The molecule has 1 aliphatic rings. The van der Waals surface area contributed by atoms with Crippen LogP contribution in [-0.4, -0.2) is 30.6 Å². The zero-order valence-electron chi connectivity index (χ0n) is 15.2. The average molecular weight is 427 g/mol. The molecule has 0 radical (unpaired) electrons. The van der Waals surface area contributed by atoms with Crippen LogP contribution in [0.15, 0.2) is 47.4 Å². The fourth-order valence-electron chi connectivity index (χ4n) is 2.94. The highest BCUT2D eigenvalue weighted by Gasteiger charge is 2.43. The number of carbonyl (C=O) groups excluding carboxylic acids is 2. The van der Waals surface area contributed by atoms with Gasteiger partial charge in [-0.1, -0.05) is 12.1 Å². The fraction of sp³-hybridized carbons (Fsp3) is 0.222. The van der Waals surface area contributed by atoms with Gasteiger partial charge >= 0.3 is 6.18 Å². The number of rotatable bonds is 4. The van der Waals surface area contributed by atoms with Crippen molar-refractivity contribution in [3.05, 3.63) is 59.2 Å². The number of carbonyl (C=O) groups is 2. The predicted molar refractivity (Wildman–Crippen MR) is 97.5 cm³/mol. The van der Waals surface area contributed by atoms with Gasteiger partial charge in [-0.2, -0.15) is 13.2 Å². The molecule has 0 unspecified atom stereocenters. The van der Waals surface area contributed by atoms with Crippen molar-refractivity contribution in [3.63, 3.8) is 0 Å². The van der Waals surface area contributed by atoms with Crippen molar-refractivity contribution in [2.45, 2.75) is 31.0 Å². The molecule has 11 heteroatoms. The van der Waals surface area contributed by atoms with E-state index in [1.807, 2.05) is 0 Å². The van der Waals surface area contributed by atoms with Crippen molar-refractivity contribution in [1.29, 1.82) is 0 Å². The lowest BCUT2D eigenvalue weighted by molar-refractivity contribution is -0.137. The van der Waals surface area contributed by atoms with Gasteiger partial charge in [-0.05, 0) is 44.2 Å². The number of alkyl halides is 3. The van der Waals surface area contributed by atoms with E-state index in [9.17, 15) is 31.2 Å². The van der Waals surface area contributed by atoms with E-state index in [0.29, 0.717) is 0 Å². The summed E-state index contributed by atoms with van der Waals surface area (Å²) in [4.78, 5) is 24.3. The third-order valence-electron chi connectivity index (χ3n) is 4.22. The van der Waals surface area contributed by atoms with Crippen molar-refractivity contribution < 1.29 is 31.2 Å². The van der Waals surface area contributed by atoms with E-state index >= 15 is 0 Å². The second kappa shape index (κ2) is 7.07. The lowest BCUT2D eigenvalue weighted by atomic mass is 10.1. The third kappa shape index (κ3) is 3.65. The molecule has 0 fully saturated rings. The second-order valence-electron chi connectivity index (χ2n) is 6.53. The Morgan fingerprint density at radius 2 is 1.76 bits per heavy atom. The topological polar surface area (TPSA) is 95.6 Å². The number of hydrogen-bond donors (Lipinski definition) is 2. The lowest BCUT2D eigenvalue weighted by Crippen LogP contribution is -2.36. The number of hydrazine groups is 1. The highest BCUT2D eigenvalue weighted by atomic mass is 32.2. The molecule has 2 aromatic carbocycles. The van der Waals surface area contributed by atoms with E-state index in [-0.39, 0.29) is 21.7 Å². The number of hydrogen-bond acceptors (Lipinski definition) is 5. The van der Waals surface area contributed by atoms with Crippen LogP contribution in [0.25, 0.3) is 0 Å². The first-order chi connectivity index (χ1) is 13.4. The van der Waals surface area contributed by atoms with E-state index in [4.69, 9.17) is 0 Å². The van der Waals surface area contributed by atoms with Crippen molar-refractivity contribution in [2.24, 2.45) is 0 Å². The summed E-state index contributed by atoms with van der Waals surface area (Å²) < 4.78 is 64.9. The van der Waals surface area contributed by atoms with Crippen LogP contribution in [0.4, 0.5) is 18.9 Å². The van der Waals surface area contributed by atoms with Crippen LogP contribution in [0.5, 0.6) is 0 Å². The minimum atomic E-state index is -4.63. The Bertz CT molecular complexity index is 1100. The number of sulfonamides is 1. The zero-order chi connectivity index (χ0) is 21.6. The minimum absolute atomic E-state index is 0.0642. The Hall–Kier alpha value is -3.08. The number of para-hydroxylation sites is 1. The van der Waals surface area contributed by atoms with E-state index in [2.05, 4.69) is 10.9 Å². The summed E-state index contributed by atoms with van der Waals surface area (Å²) in [6.07, 6.45) is -4.63. The molecular weight excluding hydrogens is 411 g/mol. The van der Waals surface area contributed by atoms with Crippen LogP contribution >= 0.6 is 0 Å². The Kier molecular flexibility index (Phi) is 5.03. The normalized spacial score (nSPS) is 15.4. The fourth-order valence-corrected chi connectivity index (χ4v) is 4.73. The first-order valence-corrected chi connectivity index (χ1v) is 9.84. The second-order valence-corrected chi connectivity index (χ2v) is 8.32. The summed E-state index contributed by atoms with van der Waals surface area (Å²) in [7, 11) is -4.11. The Labute approximate surface area is 164 Å². The number of nitrogens with zero attached hydrogens (tertiary/aromatic N) is 1. The van der Waals surface area contributed by atoms with Crippen molar-refractivity contribution in [2.75, 3.05) is 5.43 Å². The minimum Gasteiger partial charge on any atom is -0.298 e. The highest BCUT2D eigenvalue weighted by molar-refractivity contribution is 7.90. The molecule has 1 aliphatic heterocycles. The van der Waals surface area contributed by atoms with E-state index in [1.165, 1.54) is 38.1 Å². The van der Waals surface area contributed by atoms with Crippen molar-refractivity contribution in [1.82, 2.24) is 9.73 Å². The molecule has 3 rings (SSSR count). The molecular formula is C18H16F3N3O4S. The number of anilines is 1. The Balaban J connectivity index is 1.86. The number of fused-ring (bicyclic) bond motifs is 1. The molecule has 1 heterocycles. The van der Waals surface area contributed by atoms with Gasteiger partial charge in [0.25, 0.3) is 21.8 Å². The number of halogens is 3. The molecule has 0 bridgehead atoms. The summed E-state index contributed by atoms with van der Waals surface area (Å²) in [6, 6.07) is 7.39. The summed E-state index contributed by atoms with van der Waals surface area (Å²) in [5.41, 5.74) is 2.76. The maximum Gasteiger partial charge on any atom is 0.418 e. The van der Waals surface area contributed by atoms with Crippen LogP contribution in [0.2, 0.25) is 0 Å². The van der Waals surface area contributed by atoms with Crippen LogP contribution in [0.3, 0.4) is 0 Å². The van der Waals surface area contributed by atoms with Crippen LogP contribution in [0.1, 0.15) is 40.1 Å². The van der Waals surface area contributed by atoms with E-state index in [1.54, 1.807) is 0 Å². The third-order valence-corrected chi connectivity index (χ3v) is 6.22. The van der Waals surface area contributed by atoms with Crippen LogP contribution < -0.4 is 10.9 Å². The van der Waals surface area contributed by atoms with Crippen LogP contribution in [0, 0.1) is 0 Å². The zero-order valence-corrected chi connectivity index (χ0v) is 16.1. The highest BCUT2D eigenvalue weighted by Crippen LogP contribution is 2.35. The number of benzene rings is 2. The summed E-state index contributed by atoms with van der Waals surface area (Å²) >= 11 is 0. The molecule has 0 saturated heterocycles. The van der Waals surface area contributed by atoms with Gasteiger partial charge in [-0.3, -0.25) is 20.4 Å². The van der Waals surface area contributed by atoms with E-state index < -0.39 is 39.6 Å². The van der Waals surface area contributed by atoms with Gasteiger partial charge in [0.2, 0.25) is 0 Å². The summed E-state index contributed by atoms with van der Waals surface area (Å²) in [5, 5.41) is 0. The van der Waals surface area contributed by atoms with Gasteiger partial charge in [-0.25, -0.2) is 12.7 Å². The van der Waals surface area contributed by atoms with Gasteiger partial charge < -0.3 is 0 Å². The molecule has 2 aromatic rings. The average Bonchev–Trinajstić information content (AvgIpc) is 2.84. The maximum atomic E-state index is 13.0. The molecule has 2 N–H and O–H groups in total. The molecule has 29 heavy (non-hydrogen) atoms. The van der Waals surface area contributed by atoms with Gasteiger partial charge in [-0.15, -0.1) is 0 Å². The monoisotopic (exact) mass is 427 g/mol. The summed E-state index contributed by atoms with van der Waals surface area (Å²) in [5.74, 6) is -1.56. The lowest BCUT2D eigenvalue weighted by Gasteiger charge is -2.18. The summed E-state index contributed by atoms with van der Waals surface area (Å²) in [6.45, 7) is 3.08. The van der Waals surface area contributed by atoms with Crippen molar-refractivity contribution in [3.8, 4) is 0 Å². The largest absolute Gasteiger partial charge is 0.418 e. The first-order valence-electron chi connectivity index (χ1n) is 8.40. The maximum absolute atomic E-state index is 13.0. The van der Waals surface area contributed by atoms with E-state index in [0.717, 1.165) is 22.5 Å². The van der Waals surface area contributed by atoms with Gasteiger partial charge in [0.15, 0.2) is 0 Å². The number of amides is 2. The quantitative estimate of drug-likeness (QED) is 0.732. The SMILES string of the molecule is CC(C)N1C(=O)c2ccc(C(=O)NNc3ccccc3C(F)(F)F)cc2S1(=O)=O. The Morgan fingerprint density at radius 3 is 2.38 bits per heavy atom. The van der Waals surface area contributed by atoms with Gasteiger partial charge in [0, 0.05) is 11.6 Å².